The lowest BCUT2D eigenvalue weighted by Gasteiger charge is -2.18. The maximum Gasteiger partial charge on any atom is 0.416 e. The summed E-state index contributed by atoms with van der Waals surface area (Å²) in [6.07, 6.45) is -1.54. The van der Waals surface area contributed by atoms with Gasteiger partial charge < -0.3 is 21.7 Å². The minimum Gasteiger partial charge on any atom is -0.369 e. The van der Waals surface area contributed by atoms with Gasteiger partial charge in [0.25, 0.3) is 0 Å². The lowest BCUT2D eigenvalue weighted by atomic mass is 9.93. The minimum absolute atomic E-state index is 0.0156. The van der Waals surface area contributed by atoms with Crippen molar-refractivity contribution in [1.29, 1.82) is 0 Å². The largest absolute Gasteiger partial charge is 0.416 e. The summed E-state index contributed by atoms with van der Waals surface area (Å²) in [6, 6.07) is 18.0. The van der Waals surface area contributed by atoms with Gasteiger partial charge in [-0.2, -0.15) is 18.2 Å². The molecule has 2 aliphatic rings. The highest BCUT2D eigenvalue weighted by atomic mass is 32.2. The molecule has 3 aromatic carbocycles. The van der Waals surface area contributed by atoms with E-state index in [1.165, 1.54) is 18.2 Å². The number of aliphatic imine (C=N–C) groups is 1. The summed E-state index contributed by atoms with van der Waals surface area (Å²) in [5, 5.41) is 8.95. The Labute approximate surface area is 253 Å². The lowest BCUT2D eigenvalue weighted by Crippen LogP contribution is -2.28. The van der Waals surface area contributed by atoms with Crippen molar-refractivity contribution in [2.45, 2.75) is 35.7 Å². The van der Waals surface area contributed by atoms with Gasteiger partial charge in [-0.1, -0.05) is 49.1 Å². The van der Waals surface area contributed by atoms with Gasteiger partial charge in [-0.3, -0.25) is 4.79 Å². The molecular formula is C31H31F3N6O3S. The van der Waals surface area contributed by atoms with Crippen LogP contribution in [0.4, 0.5) is 24.5 Å². The van der Waals surface area contributed by atoms with E-state index in [1.807, 2.05) is 0 Å². The second-order valence-electron chi connectivity index (χ2n) is 10.5. The summed E-state index contributed by atoms with van der Waals surface area (Å²) in [4.78, 5) is 17.8. The number of nitrogens with two attached hydrogens (primary N) is 1. The van der Waals surface area contributed by atoms with E-state index in [9.17, 15) is 26.4 Å². The van der Waals surface area contributed by atoms with Crippen LogP contribution in [0, 0.1) is 0 Å². The zero-order chi connectivity index (χ0) is 31.5. The first kappa shape index (κ1) is 30.8. The van der Waals surface area contributed by atoms with Crippen LogP contribution in [-0.4, -0.2) is 33.4 Å². The Morgan fingerprint density at radius 1 is 1.02 bits per heavy atom. The number of rotatable bonds is 5. The Hall–Kier alpha value is -4.62. The van der Waals surface area contributed by atoms with Crippen molar-refractivity contribution in [1.82, 2.24) is 10.0 Å². The molecule has 1 heterocycles. The highest BCUT2D eigenvalue weighted by Gasteiger charge is 2.51. The number of nitrogens with one attached hydrogen (secondary N) is 4. The molecule has 0 saturated heterocycles. The van der Waals surface area contributed by atoms with Gasteiger partial charge >= 0.3 is 6.18 Å². The van der Waals surface area contributed by atoms with E-state index in [0.717, 1.165) is 12.1 Å². The smallest absolute Gasteiger partial charge is 0.369 e. The average molecular weight is 625 g/mol. The Balaban J connectivity index is 1.37. The molecule has 0 radical (unpaired) electrons. The third-order valence-electron chi connectivity index (χ3n) is 7.43. The Morgan fingerprint density at radius 2 is 1.75 bits per heavy atom. The van der Waals surface area contributed by atoms with Crippen LogP contribution in [0.15, 0.2) is 101 Å². The van der Waals surface area contributed by atoms with Crippen molar-refractivity contribution >= 4 is 38.8 Å². The van der Waals surface area contributed by atoms with Gasteiger partial charge in [-0.05, 0) is 66.8 Å². The Bertz CT molecular complexity index is 1750. The molecule has 1 aliphatic heterocycles. The van der Waals surface area contributed by atoms with Crippen molar-refractivity contribution < 1.29 is 26.4 Å². The molecule has 1 amide bonds. The van der Waals surface area contributed by atoms with Crippen LogP contribution in [-0.2, 0) is 26.4 Å². The number of nitrogens with zero attached hydrogens (tertiary/aromatic N) is 1. The van der Waals surface area contributed by atoms with E-state index in [0.29, 0.717) is 59.7 Å². The monoisotopic (exact) mass is 624 g/mol. The normalized spacial score (nSPS) is 18.9. The number of anilines is 2. The van der Waals surface area contributed by atoms with Crippen LogP contribution in [0.25, 0.3) is 5.57 Å². The fourth-order valence-electron chi connectivity index (χ4n) is 4.92. The van der Waals surface area contributed by atoms with Crippen LogP contribution in [0.5, 0.6) is 0 Å². The molecule has 0 spiro atoms. The quantitative estimate of drug-likeness (QED) is 0.273. The van der Waals surface area contributed by atoms with Gasteiger partial charge in [0.1, 0.15) is 5.82 Å². The molecule has 0 atom stereocenters. The maximum atomic E-state index is 13.3. The molecular weight excluding hydrogens is 593 g/mol. The number of guanidine groups is 1. The molecule has 230 valence electrons. The predicted octanol–water partition coefficient (Wildman–Crippen LogP) is 4.93. The van der Waals surface area contributed by atoms with Gasteiger partial charge in [0, 0.05) is 30.0 Å². The van der Waals surface area contributed by atoms with Crippen LogP contribution in [0.1, 0.15) is 36.0 Å². The van der Waals surface area contributed by atoms with E-state index < -0.39 is 27.2 Å². The lowest BCUT2D eigenvalue weighted by molar-refractivity contribution is -0.137. The Kier molecular flexibility index (Phi) is 8.53. The summed E-state index contributed by atoms with van der Waals surface area (Å²) in [5.41, 5.74) is 6.95. The number of sulfonamides is 1. The third-order valence-corrected chi connectivity index (χ3v) is 8.89. The van der Waals surface area contributed by atoms with Crippen molar-refractivity contribution in [3.8, 4) is 0 Å². The summed E-state index contributed by atoms with van der Waals surface area (Å²) >= 11 is 0. The van der Waals surface area contributed by atoms with Crippen LogP contribution >= 0.6 is 0 Å². The number of amides is 1. The van der Waals surface area contributed by atoms with Crippen molar-refractivity contribution in [2.75, 3.05) is 23.7 Å². The topological polar surface area (TPSA) is 138 Å². The van der Waals surface area contributed by atoms with Crippen molar-refractivity contribution in [3.05, 3.63) is 108 Å². The maximum absolute atomic E-state index is 13.3. The number of alkyl halides is 3. The first-order valence-corrected chi connectivity index (χ1v) is 15.3. The summed E-state index contributed by atoms with van der Waals surface area (Å²) in [7, 11) is -3.70. The fourth-order valence-corrected chi connectivity index (χ4v) is 6.04. The van der Waals surface area contributed by atoms with Gasteiger partial charge in [-0.15, -0.1) is 0 Å². The number of benzene rings is 3. The van der Waals surface area contributed by atoms with Crippen LogP contribution in [0.2, 0.25) is 0 Å². The van der Waals surface area contributed by atoms with E-state index in [-0.39, 0.29) is 23.3 Å². The van der Waals surface area contributed by atoms with Crippen LogP contribution in [0.3, 0.4) is 0 Å². The highest BCUT2D eigenvalue weighted by Crippen LogP contribution is 2.50. The molecule has 3 aromatic rings. The molecule has 44 heavy (non-hydrogen) atoms. The number of fused-ring (bicyclic) bond motifs is 2. The van der Waals surface area contributed by atoms with Gasteiger partial charge in [0.05, 0.1) is 15.9 Å². The molecule has 1 fully saturated rings. The standard InChI is InChI=1S/C31H31F3N6O3S/c1-2-26(27-36-16-5-17-37-44(42,43)25-9-4-8-24(19-25)39-29(35)40-27)20-10-12-23(13-11-20)38-28(41)30(14-15-30)21-6-3-7-22(18-21)31(32,33)34/h2-4,6-13,18-19,36-37H,1,5,14-17H2,(H,38,41)(H3,35,39,40)/b27-26+. The highest BCUT2D eigenvalue weighted by molar-refractivity contribution is 7.89. The van der Waals surface area contributed by atoms with E-state index in [2.05, 4.69) is 32.2 Å². The molecule has 9 nitrogen and oxygen atoms in total. The van der Waals surface area contributed by atoms with Gasteiger partial charge in [0.2, 0.25) is 15.9 Å². The van der Waals surface area contributed by atoms with Crippen molar-refractivity contribution in [2.24, 2.45) is 10.7 Å². The number of hydrogen-bond donors (Lipinski definition) is 5. The number of allylic oxidation sites excluding steroid dienone is 2. The average Bonchev–Trinajstić information content (AvgIpc) is 3.80. The second-order valence-corrected chi connectivity index (χ2v) is 12.3. The molecule has 5 rings (SSSR count). The second kappa shape index (κ2) is 12.2. The zero-order valence-corrected chi connectivity index (χ0v) is 24.4. The minimum atomic E-state index is -4.50. The Morgan fingerprint density at radius 3 is 2.43 bits per heavy atom. The molecule has 6 N–H and O–H groups in total. The van der Waals surface area contributed by atoms with Crippen LogP contribution < -0.4 is 26.4 Å². The van der Waals surface area contributed by atoms with E-state index in [4.69, 9.17) is 5.73 Å². The summed E-state index contributed by atoms with van der Waals surface area (Å²) in [5.74, 6) is 0.0373. The third kappa shape index (κ3) is 6.79. The number of carbonyl (C=O) groups excluding carboxylic acids is 1. The van der Waals surface area contributed by atoms with Gasteiger partial charge in [-0.25, -0.2) is 13.1 Å². The molecule has 0 unspecified atom stereocenters. The summed E-state index contributed by atoms with van der Waals surface area (Å²) in [6.45, 7) is 4.48. The first-order valence-electron chi connectivity index (χ1n) is 13.8. The van der Waals surface area contributed by atoms with Gasteiger partial charge in [0.15, 0.2) is 5.96 Å². The fraction of sp³-hybridized carbons (Fsp3) is 0.226. The predicted molar refractivity (Wildman–Crippen MR) is 164 cm³/mol. The molecule has 1 aliphatic carbocycles. The van der Waals surface area contributed by atoms with E-state index >= 15 is 0 Å². The number of carbonyl (C=O) groups is 1. The first-order chi connectivity index (χ1) is 20.9. The summed E-state index contributed by atoms with van der Waals surface area (Å²) < 4.78 is 67.6. The molecule has 2 bridgehead atoms. The number of hydrogen-bond acceptors (Lipinski definition) is 7. The number of halogens is 3. The molecule has 0 aromatic heterocycles. The van der Waals surface area contributed by atoms with Crippen molar-refractivity contribution in [3.63, 3.8) is 0 Å². The molecule has 1 saturated carbocycles. The zero-order valence-electron chi connectivity index (χ0n) is 23.5. The SMILES string of the molecule is C=C/C(=C1\N=C(N)Nc2cccc(c2)S(=O)(=O)NCCCN1)c1ccc(NC(=O)C2(c3cccc(C(F)(F)F)c3)CC2)cc1. The molecule has 13 heteroatoms. The van der Waals surface area contributed by atoms with E-state index in [1.54, 1.807) is 48.5 Å².